The van der Waals surface area contributed by atoms with Crippen molar-refractivity contribution in [2.75, 3.05) is 6.54 Å². The van der Waals surface area contributed by atoms with E-state index in [2.05, 4.69) is 10.9 Å². The number of allylic oxidation sites excluding steroid dienone is 2. The number of carbonyl (C=O) groups is 3. The Labute approximate surface area is 194 Å². The summed E-state index contributed by atoms with van der Waals surface area (Å²) in [5.41, 5.74) is 6.67. The zero-order valence-corrected chi connectivity index (χ0v) is 18.8. The van der Waals surface area contributed by atoms with Crippen molar-refractivity contribution in [2.24, 2.45) is 0 Å². The van der Waals surface area contributed by atoms with Crippen LogP contribution in [0.15, 0.2) is 71.2 Å². The lowest BCUT2D eigenvalue weighted by atomic mass is 10.1. The fourth-order valence-corrected chi connectivity index (χ4v) is 4.25. The Morgan fingerprint density at radius 1 is 1.10 bits per heavy atom. The van der Waals surface area contributed by atoms with Gasteiger partial charge in [-0.2, -0.15) is 0 Å². The van der Waals surface area contributed by atoms with Crippen LogP contribution in [0.25, 0.3) is 6.08 Å². The van der Waals surface area contributed by atoms with E-state index in [-0.39, 0.29) is 27.4 Å². The Balaban J connectivity index is 1.59. The summed E-state index contributed by atoms with van der Waals surface area (Å²) >= 11 is 12.3. The molecular weight excluding hydrogens is 454 g/mol. The van der Waals surface area contributed by atoms with Gasteiger partial charge < -0.3 is 0 Å². The second-order valence-electron chi connectivity index (χ2n) is 6.55. The molecule has 9 heteroatoms. The van der Waals surface area contributed by atoms with E-state index >= 15 is 0 Å². The summed E-state index contributed by atoms with van der Waals surface area (Å²) in [5.74, 6) is -1.51. The maximum absolute atomic E-state index is 12.7. The molecule has 0 bridgehead atoms. The topological polar surface area (TPSA) is 78.5 Å². The van der Waals surface area contributed by atoms with Crippen molar-refractivity contribution >= 4 is 63.7 Å². The Kier molecular flexibility index (Phi) is 7.62. The van der Waals surface area contributed by atoms with E-state index in [1.54, 1.807) is 24.3 Å². The Bertz CT molecular complexity index is 1100. The molecule has 2 N–H and O–H groups in total. The van der Waals surface area contributed by atoms with Gasteiger partial charge in [-0.3, -0.25) is 30.1 Å². The van der Waals surface area contributed by atoms with E-state index in [0.29, 0.717) is 4.91 Å². The lowest BCUT2D eigenvalue weighted by Gasteiger charge is -2.14. The lowest BCUT2D eigenvalue weighted by molar-refractivity contribution is -0.129. The van der Waals surface area contributed by atoms with Gasteiger partial charge in [0.1, 0.15) is 10.9 Å². The number of benzene rings is 2. The van der Waals surface area contributed by atoms with Crippen LogP contribution >= 0.6 is 35.6 Å². The van der Waals surface area contributed by atoms with Gasteiger partial charge in [-0.25, -0.2) is 0 Å². The smallest absolute Gasteiger partial charge is 0.271 e. The minimum atomic E-state index is -0.588. The number of carbonyl (C=O) groups excluding carboxylic acids is 3. The molecular formula is C22H18ClN3O3S2. The molecule has 3 rings (SSSR count). The maximum Gasteiger partial charge on any atom is 0.271 e. The predicted octanol–water partition coefficient (Wildman–Crippen LogP) is 3.95. The van der Waals surface area contributed by atoms with Crippen LogP contribution in [0.3, 0.4) is 0 Å². The van der Waals surface area contributed by atoms with Gasteiger partial charge >= 0.3 is 0 Å². The molecule has 1 heterocycles. The van der Waals surface area contributed by atoms with Gasteiger partial charge in [0.05, 0.1) is 15.5 Å². The quantitative estimate of drug-likeness (QED) is 0.392. The first-order chi connectivity index (χ1) is 14.8. The number of nitrogens with zero attached hydrogens (tertiary/aromatic N) is 1. The first-order valence-corrected chi connectivity index (χ1v) is 10.8. The average molecular weight is 472 g/mol. The molecule has 0 aliphatic carbocycles. The van der Waals surface area contributed by atoms with E-state index in [9.17, 15) is 14.4 Å². The number of rotatable bonds is 5. The third-order valence-electron chi connectivity index (χ3n) is 4.16. The number of amides is 3. The number of nitrogens with one attached hydrogen (secondary N) is 2. The molecule has 2 aromatic carbocycles. The van der Waals surface area contributed by atoms with Crippen LogP contribution in [-0.2, 0) is 9.59 Å². The van der Waals surface area contributed by atoms with Crippen molar-refractivity contribution in [1.29, 1.82) is 0 Å². The second-order valence-corrected chi connectivity index (χ2v) is 8.63. The summed E-state index contributed by atoms with van der Waals surface area (Å²) in [7, 11) is 0. The van der Waals surface area contributed by atoms with Gasteiger partial charge in [0, 0.05) is 0 Å². The van der Waals surface area contributed by atoms with Crippen molar-refractivity contribution in [2.45, 2.75) is 6.92 Å². The predicted molar refractivity (Wildman–Crippen MR) is 127 cm³/mol. The van der Waals surface area contributed by atoms with Gasteiger partial charge in [-0.1, -0.05) is 84.1 Å². The molecule has 1 aliphatic rings. The van der Waals surface area contributed by atoms with Crippen LogP contribution in [0.2, 0.25) is 5.02 Å². The van der Waals surface area contributed by atoms with Crippen LogP contribution < -0.4 is 10.9 Å². The maximum atomic E-state index is 12.7. The molecule has 0 radical (unpaired) electrons. The number of thiocarbonyl (C=S) groups is 1. The average Bonchev–Trinajstić information content (AvgIpc) is 3.00. The summed E-state index contributed by atoms with van der Waals surface area (Å²) in [4.78, 5) is 38.7. The molecule has 0 spiro atoms. The molecule has 158 valence electrons. The molecule has 1 fully saturated rings. The number of hydrazine groups is 1. The fourth-order valence-electron chi connectivity index (χ4n) is 2.72. The minimum Gasteiger partial charge on any atom is -0.283 e. The van der Waals surface area contributed by atoms with E-state index < -0.39 is 11.8 Å². The molecule has 1 aliphatic heterocycles. The second kappa shape index (κ2) is 10.4. The summed E-state index contributed by atoms with van der Waals surface area (Å²) in [6.07, 6.45) is 3.69. The van der Waals surface area contributed by atoms with E-state index in [1.807, 2.05) is 43.3 Å². The highest BCUT2D eigenvalue weighted by molar-refractivity contribution is 8.26. The summed E-state index contributed by atoms with van der Waals surface area (Å²) in [5, 5.41) is 0.259. The molecule has 6 nitrogen and oxygen atoms in total. The zero-order chi connectivity index (χ0) is 22.4. The number of hydrogen-bond acceptors (Lipinski definition) is 5. The first-order valence-electron chi connectivity index (χ1n) is 9.17. The summed E-state index contributed by atoms with van der Waals surface area (Å²) < 4.78 is 0.274. The Hall–Kier alpha value is -2.94. The van der Waals surface area contributed by atoms with E-state index in [4.69, 9.17) is 23.8 Å². The zero-order valence-electron chi connectivity index (χ0n) is 16.4. The largest absolute Gasteiger partial charge is 0.283 e. The van der Waals surface area contributed by atoms with Gasteiger partial charge in [-0.05, 0) is 36.3 Å². The summed E-state index contributed by atoms with van der Waals surface area (Å²) in [6, 6.07) is 16.2. The van der Waals surface area contributed by atoms with Crippen LogP contribution in [0.5, 0.6) is 0 Å². The van der Waals surface area contributed by atoms with Crippen LogP contribution in [0.1, 0.15) is 22.8 Å². The third kappa shape index (κ3) is 6.04. The van der Waals surface area contributed by atoms with Gasteiger partial charge in [0.15, 0.2) is 0 Å². The SMILES string of the molecule is CC(/C=C1\SC(=S)N(CC(=O)NNC(=O)c2ccccc2Cl)C1=O)=C\c1ccccc1. The van der Waals surface area contributed by atoms with Crippen molar-refractivity contribution < 1.29 is 14.4 Å². The van der Waals surface area contributed by atoms with Crippen molar-refractivity contribution in [3.63, 3.8) is 0 Å². The highest BCUT2D eigenvalue weighted by Crippen LogP contribution is 2.31. The standard InChI is InChI=1S/C22H18ClN3O3S2/c1-14(11-15-7-3-2-4-8-15)12-18-21(29)26(22(30)31-18)13-19(27)24-25-20(28)16-9-5-6-10-17(16)23/h2-12H,13H2,1H3,(H,24,27)(H,25,28)/b14-11+,18-12-. The number of halogens is 1. The molecule has 0 atom stereocenters. The Morgan fingerprint density at radius 3 is 2.48 bits per heavy atom. The van der Waals surface area contributed by atoms with Gasteiger partial charge in [0.25, 0.3) is 17.7 Å². The van der Waals surface area contributed by atoms with Crippen molar-refractivity contribution in [3.05, 3.63) is 87.3 Å². The molecule has 1 saturated heterocycles. The Morgan fingerprint density at radius 2 is 1.77 bits per heavy atom. The highest BCUT2D eigenvalue weighted by atomic mass is 35.5. The molecule has 0 saturated carbocycles. The monoisotopic (exact) mass is 471 g/mol. The highest BCUT2D eigenvalue weighted by Gasteiger charge is 2.33. The fraction of sp³-hybridized carbons (Fsp3) is 0.0909. The minimum absolute atomic E-state index is 0.221. The van der Waals surface area contributed by atoms with E-state index in [1.165, 1.54) is 11.0 Å². The lowest BCUT2D eigenvalue weighted by Crippen LogP contribution is -2.47. The first kappa shape index (κ1) is 22.7. The molecule has 31 heavy (non-hydrogen) atoms. The van der Waals surface area contributed by atoms with Gasteiger partial charge in [-0.15, -0.1) is 0 Å². The summed E-state index contributed by atoms with van der Waals surface area (Å²) in [6.45, 7) is 1.57. The van der Waals surface area contributed by atoms with Crippen LogP contribution in [-0.4, -0.2) is 33.5 Å². The van der Waals surface area contributed by atoms with Gasteiger partial charge in [0.2, 0.25) is 0 Å². The number of hydrogen-bond donors (Lipinski definition) is 2. The van der Waals surface area contributed by atoms with Crippen LogP contribution in [0.4, 0.5) is 0 Å². The van der Waals surface area contributed by atoms with Crippen LogP contribution in [0, 0.1) is 0 Å². The molecule has 0 unspecified atom stereocenters. The van der Waals surface area contributed by atoms with Crippen molar-refractivity contribution in [1.82, 2.24) is 15.8 Å². The van der Waals surface area contributed by atoms with E-state index in [0.717, 1.165) is 22.9 Å². The molecule has 0 aromatic heterocycles. The molecule has 2 aromatic rings. The normalized spacial score (nSPS) is 15.4. The third-order valence-corrected chi connectivity index (χ3v) is 5.87. The number of thioether (sulfide) groups is 1. The van der Waals surface area contributed by atoms with Crippen molar-refractivity contribution in [3.8, 4) is 0 Å². The molecule has 3 amide bonds.